The first-order valence-corrected chi connectivity index (χ1v) is 29.3. The number of carbonyl (C=O) groups excluding carboxylic acids is 4. The minimum absolute atomic E-state index is 0.00829. The first-order valence-electron chi connectivity index (χ1n) is 25.5. The zero-order chi connectivity index (χ0) is 53.6. The molecule has 4 amide bonds. The maximum absolute atomic E-state index is 14.2. The fraction of sp³-hybridized carbons (Fsp3) is 0.463. The number of likely N-dealkylation sites (tertiary alicyclic amines) is 1. The van der Waals surface area contributed by atoms with Gasteiger partial charge in [-0.25, -0.2) is 9.97 Å². The first kappa shape index (κ1) is 55.1. The van der Waals surface area contributed by atoms with Crippen molar-refractivity contribution >= 4 is 87.8 Å². The predicted octanol–water partition coefficient (Wildman–Crippen LogP) is 7.01. The smallest absolute Gasteiger partial charge is 0.246 e. The normalized spacial score (nSPS) is 18.1. The molecule has 5 heterocycles. The average Bonchev–Trinajstić information content (AvgIpc) is 4.02. The average molecular weight is 1080 g/mol. The molecule has 3 saturated heterocycles. The third-order valence-corrected chi connectivity index (χ3v) is 17.0. The fourth-order valence-electron chi connectivity index (χ4n) is 10.0. The van der Waals surface area contributed by atoms with E-state index in [9.17, 15) is 28.8 Å². The van der Waals surface area contributed by atoms with Gasteiger partial charge >= 0.3 is 0 Å². The van der Waals surface area contributed by atoms with E-state index < -0.39 is 42.6 Å². The lowest BCUT2D eigenvalue weighted by molar-refractivity contribution is -0.144. The van der Waals surface area contributed by atoms with Crippen molar-refractivity contribution in [2.75, 3.05) is 81.8 Å². The molecule has 3 fully saturated rings. The number of thiazole rings is 1. The molecule has 0 saturated carbocycles. The van der Waals surface area contributed by atoms with Crippen molar-refractivity contribution in [3.63, 3.8) is 0 Å². The number of hydrogen-bond donors (Lipinski definition) is 5. The van der Waals surface area contributed by atoms with Crippen LogP contribution >= 0.6 is 30.1 Å². The summed E-state index contributed by atoms with van der Waals surface area (Å²) in [6, 6.07) is 19.7. The molecular formula is C54H69ClN11O7PS. The van der Waals surface area contributed by atoms with Crippen LogP contribution in [0.15, 0.2) is 78.4 Å². The number of anilines is 5. The molecule has 75 heavy (non-hydrogen) atoms. The Kier molecular flexibility index (Phi) is 17.5. The van der Waals surface area contributed by atoms with Gasteiger partial charge in [0.25, 0.3) is 0 Å². The molecule has 5 N–H and O–H groups in total. The van der Waals surface area contributed by atoms with Crippen molar-refractivity contribution in [1.29, 1.82) is 0 Å². The molecule has 3 aliphatic rings. The summed E-state index contributed by atoms with van der Waals surface area (Å²) < 4.78 is 18.8. The Hall–Kier alpha value is -6.11. The Morgan fingerprint density at radius 1 is 0.920 bits per heavy atom. The van der Waals surface area contributed by atoms with Crippen molar-refractivity contribution in [2.45, 2.75) is 90.6 Å². The third kappa shape index (κ3) is 13.7. The molecule has 3 aromatic carbocycles. The summed E-state index contributed by atoms with van der Waals surface area (Å²) in [5.74, 6) is -0.0462. The molecule has 3 unspecified atom stereocenters. The second-order valence-electron chi connectivity index (χ2n) is 21.0. The maximum Gasteiger partial charge on any atom is 0.246 e. The Labute approximate surface area is 448 Å². The van der Waals surface area contributed by atoms with Crippen LogP contribution in [0.25, 0.3) is 10.4 Å². The van der Waals surface area contributed by atoms with E-state index in [4.69, 9.17) is 16.3 Å². The quantitative estimate of drug-likeness (QED) is 0.0593. The third-order valence-electron chi connectivity index (χ3n) is 14.2. The number of halogens is 1. The molecule has 8 rings (SSSR count). The second-order valence-corrected chi connectivity index (χ2v) is 25.4. The number of piperidine rings is 1. The number of rotatable bonds is 17. The van der Waals surface area contributed by atoms with E-state index in [-0.39, 0.29) is 44.2 Å². The van der Waals surface area contributed by atoms with Gasteiger partial charge in [-0.2, -0.15) is 4.98 Å². The van der Waals surface area contributed by atoms with Crippen LogP contribution in [-0.2, 0) is 30.3 Å². The number of benzene rings is 3. The molecule has 0 radical (unpaired) electrons. The summed E-state index contributed by atoms with van der Waals surface area (Å²) in [5.41, 5.74) is 6.36. The Balaban J connectivity index is 0.776. The molecule has 400 valence electrons. The van der Waals surface area contributed by atoms with E-state index in [1.54, 1.807) is 31.8 Å². The lowest BCUT2D eigenvalue weighted by Gasteiger charge is -2.43. The number of methoxy groups -OCH3 is 1. The zero-order valence-corrected chi connectivity index (χ0v) is 46.2. The number of aromatic nitrogens is 3. The van der Waals surface area contributed by atoms with Gasteiger partial charge in [-0.1, -0.05) is 68.8 Å². The SMILES string of the molecule is COc1cc(N2CCC(N3CCN(C(=O)CCC(=O)NC(C(=O)N4CC(O)CC4C(=O)NCc4ccc(-c5scnc5C)cc4)C(C)(C)C)CC3)CC2)ccc1Nc1ncc(Cl)c(Nc2ccccc2P(C)(C)=O)n1. The number of hydrogen-bond acceptors (Lipinski definition) is 15. The number of para-hydroxylation sites is 1. The van der Waals surface area contributed by atoms with Gasteiger partial charge < -0.3 is 50.4 Å². The summed E-state index contributed by atoms with van der Waals surface area (Å²) >= 11 is 8.07. The van der Waals surface area contributed by atoms with Crippen LogP contribution in [0.2, 0.25) is 5.02 Å². The zero-order valence-electron chi connectivity index (χ0n) is 43.8. The Bertz CT molecular complexity index is 2900. The molecule has 3 atom stereocenters. The highest BCUT2D eigenvalue weighted by molar-refractivity contribution is 7.70. The largest absolute Gasteiger partial charge is 0.494 e. The highest BCUT2D eigenvalue weighted by Gasteiger charge is 2.44. The molecule has 2 aromatic heterocycles. The van der Waals surface area contributed by atoms with Gasteiger partial charge in [0.05, 0.1) is 46.9 Å². The van der Waals surface area contributed by atoms with Crippen LogP contribution in [0, 0.1) is 12.3 Å². The Morgan fingerprint density at radius 3 is 2.31 bits per heavy atom. The molecular weight excluding hydrogens is 1010 g/mol. The van der Waals surface area contributed by atoms with E-state index in [1.165, 1.54) is 11.1 Å². The van der Waals surface area contributed by atoms with E-state index in [0.29, 0.717) is 58.3 Å². The van der Waals surface area contributed by atoms with Crippen LogP contribution in [0.5, 0.6) is 5.75 Å². The number of ether oxygens (including phenoxy) is 1. The number of aliphatic hydroxyl groups excluding tert-OH is 1. The van der Waals surface area contributed by atoms with Crippen molar-refractivity contribution in [3.8, 4) is 16.2 Å². The summed E-state index contributed by atoms with van der Waals surface area (Å²) in [4.78, 5) is 77.1. The maximum atomic E-state index is 14.2. The molecule has 0 spiro atoms. The fourth-order valence-corrected chi connectivity index (χ4v) is 12.1. The number of β-amino-alcohol motifs (C(OH)–C–C–N with tert-alkyl or cyclic N) is 1. The summed E-state index contributed by atoms with van der Waals surface area (Å²) in [7, 11) is -0.956. The standard InChI is InChI=1S/C54H69ClN11O7PS/c1-34-48(75-33-58-34)36-14-12-35(13-15-36)30-56-51(70)43-29-39(67)32-66(43)52(71)49(54(2,3)4)61-46(68)18-19-47(69)65-26-24-64(25-27-65)37-20-22-63(23-21-37)38-16-17-41(44(28-38)73-5)60-53-57-31-40(55)50(62-53)59-42-10-8-9-11-45(42)74(6,7)72/h8-17,28,31,33,37,39,43,49,67H,18-27,29-30,32H2,1-7H3,(H,56,70)(H,61,68)(H2,57,59,60,62). The van der Waals surface area contributed by atoms with Crippen molar-refractivity contribution < 1.29 is 33.6 Å². The van der Waals surface area contributed by atoms with Gasteiger partial charge in [-0.3, -0.25) is 24.1 Å². The van der Waals surface area contributed by atoms with Crippen LogP contribution in [-0.4, -0.2) is 149 Å². The van der Waals surface area contributed by atoms with E-state index in [1.807, 2.05) is 105 Å². The van der Waals surface area contributed by atoms with Gasteiger partial charge in [0.15, 0.2) is 5.82 Å². The number of nitrogens with zero attached hydrogens (tertiary/aromatic N) is 7. The highest BCUT2D eigenvalue weighted by atomic mass is 35.5. The highest BCUT2D eigenvalue weighted by Crippen LogP contribution is 2.39. The summed E-state index contributed by atoms with van der Waals surface area (Å²) in [5, 5.41) is 24.0. The van der Waals surface area contributed by atoms with Crippen molar-refractivity contribution in [3.05, 3.63) is 94.7 Å². The monoisotopic (exact) mass is 1080 g/mol. The predicted molar refractivity (Wildman–Crippen MR) is 296 cm³/mol. The van der Waals surface area contributed by atoms with Gasteiger partial charge in [0, 0.05) is 94.7 Å². The van der Waals surface area contributed by atoms with Crippen molar-refractivity contribution in [1.82, 2.24) is 40.3 Å². The first-order chi connectivity index (χ1) is 35.7. The molecule has 0 bridgehead atoms. The number of nitrogens with one attached hydrogen (secondary N) is 4. The lowest BCUT2D eigenvalue weighted by Crippen LogP contribution is -2.57. The number of aliphatic hydroxyl groups is 1. The van der Waals surface area contributed by atoms with Gasteiger partial charge in [0.1, 0.15) is 30.0 Å². The van der Waals surface area contributed by atoms with Crippen LogP contribution in [0.4, 0.5) is 28.8 Å². The molecule has 3 aliphatic heterocycles. The molecule has 0 aliphatic carbocycles. The van der Waals surface area contributed by atoms with Crippen LogP contribution in [0.3, 0.4) is 0 Å². The Morgan fingerprint density at radius 2 is 1.64 bits per heavy atom. The van der Waals surface area contributed by atoms with Crippen molar-refractivity contribution in [2.24, 2.45) is 5.41 Å². The summed E-state index contributed by atoms with van der Waals surface area (Å²) in [6.45, 7) is 15.5. The van der Waals surface area contributed by atoms with E-state index in [0.717, 1.165) is 66.4 Å². The minimum atomic E-state index is -2.58. The molecule has 5 aromatic rings. The van der Waals surface area contributed by atoms with Gasteiger partial charge in [-0.15, -0.1) is 11.3 Å². The van der Waals surface area contributed by atoms with Crippen LogP contribution in [0.1, 0.15) is 64.1 Å². The number of piperazine rings is 1. The molecule has 21 heteroatoms. The number of aryl methyl sites for hydroxylation is 1. The topological polar surface area (TPSA) is 215 Å². The number of carbonyl (C=O) groups is 4. The summed E-state index contributed by atoms with van der Waals surface area (Å²) in [6.07, 6.45) is 2.55. The minimum Gasteiger partial charge on any atom is -0.494 e. The van der Waals surface area contributed by atoms with E-state index >= 15 is 0 Å². The molecule has 18 nitrogen and oxygen atoms in total. The lowest BCUT2D eigenvalue weighted by atomic mass is 9.85. The van der Waals surface area contributed by atoms with E-state index in [2.05, 4.69) is 46.0 Å². The van der Waals surface area contributed by atoms with Gasteiger partial charge in [0.2, 0.25) is 29.6 Å². The van der Waals surface area contributed by atoms with Crippen LogP contribution < -0.4 is 36.2 Å². The van der Waals surface area contributed by atoms with Gasteiger partial charge in [-0.05, 0) is 73.9 Å². The number of amides is 4. The second kappa shape index (κ2) is 23.8.